The van der Waals surface area contributed by atoms with E-state index in [1.54, 1.807) is 6.92 Å². The van der Waals surface area contributed by atoms with Gasteiger partial charge in [-0.3, -0.25) is 9.59 Å². The molecular formula is C23H35NO3. The lowest BCUT2D eigenvalue weighted by molar-refractivity contribution is -0.136. The van der Waals surface area contributed by atoms with Crippen LogP contribution in [0.15, 0.2) is 30.3 Å². The molecule has 3 atom stereocenters. The van der Waals surface area contributed by atoms with Crippen molar-refractivity contribution < 1.29 is 14.7 Å². The summed E-state index contributed by atoms with van der Waals surface area (Å²) < 4.78 is 0. The molecule has 1 fully saturated rings. The second-order valence-electron chi connectivity index (χ2n) is 8.49. The maximum Gasteiger partial charge on any atom is 0.224 e. The number of aliphatic hydroxyl groups is 1. The van der Waals surface area contributed by atoms with Gasteiger partial charge in [-0.1, -0.05) is 57.0 Å². The van der Waals surface area contributed by atoms with Gasteiger partial charge in [0.2, 0.25) is 5.91 Å². The molecule has 150 valence electrons. The van der Waals surface area contributed by atoms with E-state index in [1.165, 1.54) is 0 Å². The van der Waals surface area contributed by atoms with Crippen LogP contribution in [0.4, 0.5) is 0 Å². The van der Waals surface area contributed by atoms with Gasteiger partial charge in [-0.15, -0.1) is 0 Å². The van der Waals surface area contributed by atoms with E-state index in [4.69, 9.17) is 0 Å². The van der Waals surface area contributed by atoms with Crippen molar-refractivity contribution in [1.82, 2.24) is 5.32 Å². The number of carbonyl (C=O) groups is 2. The van der Waals surface area contributed by atoms with E-state index in [9.17, 15) is 14.7 Å². The summed E-state index contributed by atoms with van der Waals surface area (Å²) in [5.41, 5.74) is 1.08. The molecule has 0 spiro atoms. The van der Waals surface area contributed by atoms with Crippen molar-refractivity contribution in [2.45, 2.75) is 65.3 Å². The topological polar surface area (TPSA) is 66.4 Å². The minimum Gasteiger partial charge on any atom is -0.394 e. The maximum absolute atomic E-state index is 13.2. The van der Waals surface area contributed by atoms with E-state index in [0.29, 0.717) is 24.7 Å². The van der Waals surface area contributed by atoms with Crippen molar-refractivity contribution in [2.75, 3.05) is 6.61 Å². The van der Waals surface area contributed by atoms with Crippen LogP contribution in [0.1, 0.15) is 58.4 Å². The smallest absolute Gasteiger partial charge is 0.224 e. The van der Waals surface area contributed by atoms with E-state index < -0.39 is 0 Å². The van der Waals surface area contributed by atoms with Crippen LogP contribution < -0.4 is 5.32 Å². The van der Waals surface area contributed by atoms with Crippen LogP contribution >= 0.6 is 0 Å². The summed E-state index contributed by atoms with van der Waals surface area (Å²) in [6, 6.07) is 9.53. The lowest BCUT2D eigenvalue weighted by atomic mass is 9.74. The summed E-state index contributed by atoms with van der Waals surface area (Å²) in [4.78, 5) is 25.6. The van der Waals surface area contributed by atoms with E-state index in [2.05, 4.69) is 19.2 Å². The van der Waals surface area contributed by atoms with Crippen LogP contribution in [0.5, 0.6) is 0 Å². The Labute approximate surface area is 163 Å². The Morgan fingerprint density at radius 3 is 2.30 bits per heavy atom. The number of nitrogens with one attached hydrogen (secondary N) is 1. The van der Waals surface area contributed by atoms with Crippen LogP contribution in [0.3, 0.4) is 0 Å². The summed E-state index contributed by atoms with van der Waals surface area (Å²) in [7, 11) is 0. The highest BCUT2D eigenvalue weighted by atomic mass is 16.3. The molecular weight excluding hydrogens is 338 g/mol. The number of Topliss-reactive ketones (excluding diaryl/α,β-unsaturated/α-hetero) is 1. The van der Waals surface area contributed by atoms with Gasteiger partial charge in [0.25, 0.3) is 0 Å². The predicted molar refractivity (Wildman–Crippen MR) is 108 cm³/mol. The lowest BCUT2D eigenvalue weighted by Gasteiger charge is -2.31. The van der Waals surface area contributed by atoms with Gasteiger partial charge in [-0.05, 0) is 50.0 Å². The Morgan fingerprint density at radius 1 is 1.15 bits per heavy atom. The Kier molecular flexibility index (Phi) is 8.49. The summed E-state index contributed by atoms with van der Waals surface area (Å²) in [6.45, 7) is 5.72. The summed E-state index contributed by atoms with van der Waals surface area (Å²) in [6.07, 6.45) is 5.68. The normalized spacial score (nSPS) is 18.3. The third kappa shape index (κ3) is 6.46. The molecule has 2 N–H and O–H groups in total. The van der Waals surface area contributed by atoms with Gasteiger partial charge in [0, 0.05) is 11.8 Å². The second kappa shape index (κ2) is 10.6. The fraction of sp³-hybridized carbons (Fsp3) is 0.652. The number of ketones is 1. The second-order valence-corrected chi connectivity index (χ2v) is 8.49. The fourth-order valence-corrected chi connectivity index (χ4v) is 4.55. The van der Waals surface area contributed by atoms with Crippen LogP contribution in [0, 0.1) is 23.7 Å². The third-order valence-corrected chi connectivity index (χ3v) is 5.76. The molecule has 4 nitrogen and oxygen atoms in total. The van der Waals surface area contributed by atoms with E-state index in [1.807, 2.05) is 30.3 Å². The summed E-state index contributed by atoms with van der Waals surface area (Å²) in [5, 5.41) is 12.8. The molecule has 1 aliphatic rings. The molecule has 0 unspecified atom stereocenters. The van der Waals surface area contributed by atoms with Crippen molar-refractivity contribution >= 4 is 11.7 Å². The first kappa shape index (κ1) is 21.6. The Morgan fingerprint density at radius 2 is 1.78 bits per heavy atom. The van der Waals surface area contributed by atoms with Crippen LogP contribution in [-0.4, -0.2) is 29.4 Å². The van der Waals surface area contributed by atoms with E-state index in [0.717, 1.165) is 31.2 Å². The molecule has 1 aliphatic carbocycles. The molecule has 1 saturated carbocycles. The largest absolute Gasteiger partial charge is 0.394 e. The zero-order valence-electron chi connectivity index (χ0n) is 17.0. The zero-order chi connectivity index (χ0) is 19.8. The first-order valence-corrected chi connectivity index (χ1v) is 10.4. The lowest BCUT2D eigenvalue weighted by Crippen LogP contribution is -2.46. The molecule has 1 aromatic rings. The van der Waals surface area contributed by atoms with Gasteiger partial charge in [0.1, 0.15) is 5.78 Å². The predicted octanol–water partition coefficient (Wildman–Crippen LogP) is 3.76. The molecule has 0 bridgehead atoms. The number of aliphatic hydroxyl groups excluding tert-OH is 1. The fourth-order valence-electron chi connectivity index (χ4n) is 4.55. The van der Waals surface area contributed by atoms with Gasteiger partial charge >= 0.3 is 0 Å². The van der Waals surface area contributed by atoms with E-state index in [-0.39, 0.29) is 36.2 Å². The molecule has 27 heavy (non-hydrogen) atoms. The third-order valence-electron chi connectivity index (χ3n) is 5.76. The highest BCUT2D eigenvalue weighted by Gasteiger charge is 2.39. The van der Waals surface area contributed by atoms with Crippen LogP contribution in [0.25, 0.3) is 0 Å². The molecule has 4 heteroatoms. The highest BCUT2D eigenvalue weighted by molar-refractivity contribution is 5.88. The molecule has 0 aromatic heterocycles. The van der Waals surface area contributed by atoms with Crippen molar-refractivity contribution in [3.8, 4) is 0 Å². The Bertz CT molecular complexity index is 593. The quantitative estimate of drug-likeness (QED) is 0.656. The monoisotopic (exact) mass is 373 g/mol. The molecule has 1 aromatic carbocycles. The van der Waals surface area contributed by atoms with E-state index >= 15 is 0 Å². The van der Waals surface area contributed by atoms with Gasteiger partial charge in [-0.25, -0.2) is 0 Å². The number of benzene rings is 1. The minimum absolute atomic E-state index is 0.0780. The standard InChI is InChI=1S/C23H35NO3/c1-16(2)13-21(22(17(3)26)19-11-7-8-12-19)23(27)24-20(15-25)14-18-9-5-4-6-10-18/h4-6,9-10,16,19-22,25H,7-8,11-15H2,1-3H3,(H,24,27)/t20-,21+,22-/m0/s1. The first-order valence-electron chi connectivity index (χ1n) is 10.4. The highest BCUT2D eigenvalue weighted by Crippen LogP contribution is 2.38. The zero-order valence-corrected chi connectivity index (χ0v) is 17.0. The van der Waals surface area contributed by atoms with Gasteiger partial charge in [-0.2, -0.15) is 0 Å². The first-order chi connectivity index (χ1) is 12.9. The molecule has 0 heterocycles. The van der Waals surface area contributed by atoms with Crippen molar-refractivity contribution in [2.24, 2.45) is 23.7 Å². The number of amides is 1. The van der Waals surface area contributed by atoms with Gasteiger partial charge in [0.05, 0.1) is 12.6 Å². The number of hydrogen-bond donors (Lipinski definition) is 2. The molecule has 0 aliphatic heterocycles. The summed E-state index contributed by atoms with van der Waals surface area (Å²) >= 11 is 0. The summed E-state index contributed by atoms with van der Waals surface area (Å²) in [5.74, 6) is 0.197. The SMILES string of the molecule is CC(=O)[C@@H](C1CCCC1)[C@@H](CC(C)C)C(=O)N[C@H](CO)Cc1ccccc1. The molecule has 1 amide bonds. The van der Waals surface area contributed by atoms with Crippen LogP contribution in [-0.2, 0) is 16.0 Å². The van der Waals surface area contributed by atoms with Crippen molar-refractivity contribution in [1.29, 1.82) is 0 Å². The molecule has 0 radical (unpaired) electrons. The molecule has 0 saturated heterocycles. The van der Waals surface area contributed by atoms with Crippen LogP contribution in [0.2, 0.25) is 0 Å². The van der Waals surface area contributed by atoms with Gasteiger partial charge < -0.3 is 10.4 Å². The van der Waals surface area contributed by atoms with Crippen molar-refractivity contribution in [3.63, 3.8) is 0 Å². The minimum atomic E-state index is -0.328. The van der Waals surface area contributed by atoms with Gasteiger partial charge in [0.15, 0.2) is 0 Å². The number of hydrogen-bond acceptors (Lipinski definition) is 3. The Hall–Kier alpha value is -1.68. The van der Waals surface area contributed by atoms with Crippen molar-refractivity contribution in [3.05, 3.63) is 35.9 Å². The average molecular weight is 374 g/mol. The average Bonchev–Trinajstić information content (AvgIpc) is 3.14. The number of carbonyl (C=O) groups excluding carboxylic acids is 2. The molecule has 2 rings (SSSR count). The Balaban J connectivity index is 2.13. The maximum atomic E-state index is 13.2. The number of rotatable bonds is 10.